The van der Waals surface area contributed by atoms with Gasteiger partial charge in [0.15, 0.2) is 0 Å². The van der Waals surface area contributed by atoms with Crippen molar-refractivity contribution in [3.05, 3.63) is 35.4 Å². The SMILES string of the molecule is NCC1CCC(CN2CCc3ccccc3C2)O1. The molecular weight excluding hydrogens is 224 g/mol. The number of ether oxygens (including phenoxy) is 1. The lowest BCUT2D eigenvalue weighted by atomic mass is 9.99. The molecule has 1 fully saturated rings. The van der Waals surface area contributed by atoms with Crippen LogP contribution >= 0.6 is 0 Å². The minimum Gasteiger partial charge on any atom is -0.372 e. The molecule has 2 atom stereocenters. The molecule has 98 valence electrons. The van der Waals surface area contributed by atoms with E-state index in [0.717, 1.165) is 26.1 Å². The first-order chi connectivity index (χ1) is 8.85. The summed E-state index contributed by atoms with van der Waals surface area (Å²) in [4.78, 5) is 2.52. The summed E-state index contributed by atoms with van der Waals surface area (Å²) in [5, 5.41) is 0. The van der Waals surface area contributed by atoms with Crippen LogP contribution in [0.4, 0.5) is 0 Å². The molecule has 2 unspecified atom stereocenters. The van der Waals surface area contributed by atoms with Crippen molar-refractivity contribution in [2.45, 2.75) is 38.0 Å². The van der Waals surface area contributed by atoms with Crippen LogP contribution in [0.15, 0.2) is 24.3 Å². The Morgan fingerprint density at radius 1 is 1.17 bits per heavy atom. The maximum atomic E-state index is 5.93. The molecule has 0 spiro atoms. The van der Waals surface area contributed by atoms with Crippen molar-refractivity contribution in [2.24, 2.45) is 5.73 Å². The van der Waals surface area contributed by atoms with E-state index in [0.29, 0.717) is 18.8 Å². The van der Waals surface area contributed by atoms with Crippen LogP contribution < -0.4 is 5.73 Å². The maximum Gasteiger partial charge on any atom is 0.0707 e. The van der Waals surface area contributed by atoms with Gasteiger partial charge >= 0.3 is 0 Å². The van der Waals surface area contributed by atoms with Crippen LogP contribution in [0.5, 0.6) is 0 Å². The van der Waals surface area contributed by atoms with Gasteiger partial charge in [0.2, 0.25) is 0 Å². The summed E-state index contributed by atoms with van der Waals surface area (Å²) >= 11 is 0. The molecule has 2 aliphatic heterocycles. The van der Waals surface area contributed by atoms with Crippen LogP contribution in [-0.4, -0.2) is 36.7 Å². The monoisotopic (exact) mass is 246 g/mol. The fraction of sp³-hybridized carbons (Fsp3) is 0.600. The minimum absolute atomic E-state index is 0.298. The molecule has 0 bridgehead atoms. The fourth-order valence-electron chi connectivity index (χ4n) is 3.09. The van der Waals surface area contributed by atoms with E-state index in [1.54, 1.807) is 0 Å². The van der Waals surface area contributed by atoms with Gasteiger partial charge in [0.1, 0.15) is 0 Å². The van der Waals surface area contributed by atoms with E-state index in [1.165, 1.54) is 24.0 Å². The zero-order valence-electron chi connectivity index (χ0n) is 10.8. The first-order valence-corrected chi connectivity index (χ1v) is 7.00. The van der Waals surface area contributed by atoms with Crippen molar-refractivity contribution >= 4 is 0 Å². The summed E-state index contributed by atoms with van der Waals surface area (Å²) in [6.07, 6.45) is 4.16. The number of benzene rings is 1. The zero-order valence-corrected chi connectivity index (χ0v) is 10.8. The van der Waals surface area contributed by atoms with E-state index >= 15 is 0 Å². The third kappa shape index (κ3) is 2.58. The van der Waals surface area contributed by atoms with Gasteiger partial charge in [-0.1, -0.05) is 24.3 Å². The Morgan fingerprint density at radius 3 is 2.72 bits per heavy atom. The van der Waals surface area contributed by atoms with Gasteiger partial charge in [-0.3, -0.25) is 4.90 Å². The number of hydrogen-bond donors (Lipinski definition) is 1. The molecular formula is C15H22N2O. The first kappa shape index (κ1) is 12.2. The van der Waals surface area contributed by atoms with Gasteiger partial charge in [0.25, 0.3) is 0 Å². The minimum atomic E-state index is 0.298. The van der Waals surface area contributed by atoms with Gasteiger partial charge < -0.3 is 10.5 Å². The van der Waals surface area contributed by atoms with Gasteiger partial charge in [-0.15, -0.1) is 0 Å². The van der Waals surface area contributed by atoms with Crippen molar-refractivity contribution in [1.29, 1.82) is 0 Å². The summed E-state index contributed by atoms with van der Waals surface area (Å²) in [5.74, 6) is 0. The fourth-order valence-corrected chi connectivity index (χ4v) is 3.09. The molecule has 3 nitrogen and oxygen atoms in total. The van der Waals surface area contributed by atoms with E-state index in [9.17, 15) is 0 Å². The standard InChI is InChI=1S/C15H22N2O/c16-9-14-5-6-15(18-14)11-17-8-7-12-3-1-2-4-13(12)10-17/h1-4,14-15H,5-11,16H2. The highest BCUT2D eigenvalue weighted by atomic mass is 16.5. The quantitative estimate of drug-likeness (QED) is 0.879. The summed E-state index contributed by atoms with van der Waals surface area (Å²) in [6, 6.07) is 8.78. The predicted octanol–water partition coefficient (Wildman–Crippen LogP) is 1.55. The number of hydrogen-bond acceptors (Lipinski definition) is 3. The van der Waals surface area contributed by atoms with Gasteiger partial charge in [0.05, 0.1) is 12.2 Å². The molecule has 0 aliphatic carbocycles. The number of nitrogens with zero attached hydrogens (tertiary/aromatic N) is 1. The van der Waals surface area contributed by atoms with Gasteiger partial charge in [0, 0.05) is 26.2 Å². The first-order valence-electron chi connectivity index (χ1n) is 7.00. The lowest BCUT2D eigenvalue weighted by Gasteiger charge is -2.30. The summed E-state index contributed by atoms with van der Waals surface area (Å²) in [5.41, 5.74) is 8.65. The van der Waals surface area contributed by atoms with Gasteiger partial charge in [-0.25, -0.2) is 0 Å². The molecule has 0 aromatic heterocycles. The van der Waals surface area contributed by atoms with Crippen molar-refractivity contribution in [3.8, 4) is 0 Å². The molecule has 0 saturated carbocycles. The van der Waals surface area contributed by atoms with E-state index in [1.807, 2.05) is 0 Å². The molecule has 2 N–H and O–H groups in total. The number of nitrogens with two attached hydrogens (primary N) is 1. The van der Waals surface area contributed by atoms with Crippen molar-refractivity contribution in [3.63, 3.8) is 0 Å². The third-order valence-electron chi connectivity index (χ3n) is 4.13. The molecule has 2 heterocycles. The van der Waals surface area contributed by atoms with E-state index in [4.69, 9.17) is 10.5 Å². The Hall–Kier alpha value is -0.900. The predicted molar refractivity (Wildman–Crippen MR) is 72.4 cm³/mol. The molecule has 18 heavy (non-hydrogen) atoms. The Bertz CT molecular complexity index is 407. The van der Waals surface area contributed by atoms with Crippen molar-refractivity contribution < 1.29 is 4.74 Å². The Labute approximate surface area is 109 Å². The van der Waals surface area contributed by atoms with E-state index in [-0.39, 0.29) is 0 Å². The highest BCUT2D eigenvalue weighted by Gasteiger charge is 2.27. The third-order valence-corrected chi connectivity index (χ3v) is 4.13. The lowest BCUT2D eigenvalue weighted by molar-refractivity contribution is 0.0244. The largest absolute Gasteiger partial charge is 0.372 e. The molecule has 1 aromatic carbocycles. The average molecular weight is 246 g/mol. The van der Waals surface area contributed by atoms with Crippen LogP contribution in [0.3, 0.4) is 0 Å². The molecule has 0 radical (unpaired) electrons. The summed E-state index contributed by atoms with van der Waals surface area (Å²) in [7, 11) is 0. The van der Waals surface area contributed by atoms with Gasteiger partial charge in [-0.05, 0) is 30.4 Å². The van der Waals surface area contributed by atoms with Crippen LogP contribution in [0.1, 0.15) is 24.0 Å². The topological polar surface area (TPSA) is 38.5 Å². The molecule has 0 amide bonds. The Kier molecular flexibility index (Phi) is 3.64. The highest BCUT2D eigenvalue weighted by molar-refractivity contribution is 5.29. The van der Waals surface area contributed by atoms with Crippen LogP contribution in [-0.2, 0) is 17.7 Å². The second-order valence-corrected chi connectivity index (χ2v) is 5.45. The summed E-state index contributed by atoms with van der Waals surface area (Å²) < 4.78 is 5.93. The Morgan fingerprint density at radius 2 is 1.94 bits per heavy atom. The highest BCUT2D eigenvalue weighted by Crippen LogP contribution is 2.23. The van der Waals surface area contributed by atoms with Crippen molar-refractivity contribution in [1.82, 2.24) is 4.90 Å². The van der Waals surface area contributed by atoms with Crippen LogP contribution in [0.25, 0.3) is 0 Å². The number of rotatable bonds is 3. The average Bonchev–Trinajstić information content (AvgIpc) is 2.86. The van der Waals surface area contributed by atoms with E-state index in [2.05, 4.69) is 29.2 Å². The molecule has 1 saturated heterocycles. The molecule has 1 aromatic rings. The lowest BCUT2D eigenvalue weighted by Crippen LogP contribution is -2.37. The zero-order chi connectivity index (χ0) is 12.4. The van der Waals surface area contributed by atoms with Crippen molar-refractivity contribution in [2.75, 3.05) is 19.6 Å². The second kappa shape index (κ2) is 5.39. The normalized spacial score (nSPS) is 28.3. The Balaban J connectivity index is 1.57. The summed E-state index contributed by atoms with van der Waals surface area (Å²) in [6.45, 7) is 3.96. The number of fused-ring (bicyclic) bond motifs is 1. The van der Waals surface area contributed by atoms with Gasteiger partial charge in [-0.2, -0.15) is 0 Å². The van der Waals surface area contributed by atoms with E-state index < -0.39 is 0 Å². The second-order valence-electron chi connectivity index (χ2n) is 5.45. The maximum absolute atomic E-state index is 5.93. The van der Waals surface area contributed by atoms with Crippen LogP contribution in [0.2, 0.25) is 0 Å². The van der Waals surface area contributed by atoms with Crippen LogP contribution in [0, 0.1) is 0 Å². The molecule has 2 aliphatic rings. The molecule has 3 rings (SSSR count). The smallest absolute Gasteiger partial charge is 0.0707 e. The molecule has 3 heteroatoms.